The monoisotopic (exact) mass is 264 g/mol. The Morgan fingerprint density at radius 3 is 2.74 bits per heavy atom. The number of carbonyl (C=O) groups excluding carboxylic acids is 1. The molecule has 0 saturated carbocycles. The minimum Gasteiger partial charge on any atom is -0.395 e. The zero-order valence-corrected chi connectivity index (χ0v) is 10.7. The Kier molecular flexibility index (Phi) is 5.20. The van der Waals surface area contributed by atoms with Gasteiger partial charge in [-0.1, -0.05) is 6.08 Å². The fraction of sp³-hybridized carbons (Fsp3) is 0.308. The van der Waals surface area contributed by atoms with Crippen molar-refractivity contribution >= 4 is 17.2 Å². The van der Waals surface area contributed by atoms with Crippen molar-refractivity contribution < 1.29 is 14.8 Å². The fourth-order valence-corrected chi connectivity index (χ4v) is 1.74. The van der Waals surface area contributed by atoms with E-state index >= 15 is 0 Å². The summed E-state index contributed by atoms with van der Waals surface area (Å²) in [4.78, 5) is 23.5. The number of Topliss-reactive ketones (excluding diaryl/α,β-unsaturated/α-hetero) is 1. The van der Waals surface area contributed by atoms with E-state index < -0.39 is 4.92 Å². The van der Waals surface area contributed by atoms with E-state index in [2.05, 4.69) is 6.58 Å². The normalized spacial score (nSPS) is 10.0. The van der Waals surface area contributed by atoms with E-state index in [9.17, 15) is 14.9 Å². The van der Waals surface area contributed by atoms with Gasteiger partial charge in [0.15, 0.2) is 5.78 Å². The van der Waals surface area contributed by atoms with Gasteiger partial charge in [0.1, 0.15) is 5.69 Å². The number of aliphatic hydroxyl groups is 1. The summed E-state index contributed by atoms with van der Waals surface area (Å²) in [6.45, 7) is 5.44. The molecule has 0 unspecified atom stereocenters. The molecule has 0 atom stereocenters. The van der Waals surface area contributed by atoms with Crippen LogP contribution in [0.5, 0.6) is 0 Å². The Morgan fingerprint density at radius 2 is 2.26 bits per heavy atom. The second kappa shape index (κ2) is 6.65. The van der Waals surface area contributed by atoms with E-state index in [0.717, 1.165) is 0 Å². The zero-order valence-electron chi connectivity index (χ0n) is 10.7. The maximum Gasteiger partial charge on any atom is 0.293 e. The molecule has 0 saturated heterocycles. The third kappa shape index (κ3) is 3.62. The maximum absolute atomic E-state index is 11.3. The van der Waals surface area contributed by atoms with Gasteiger partial charge in [0.05, 0.1) is 11.5 Å². The molecule has 0 radical (unpaired) electrons. The highest BCUT2D eigenvalue weighted by Gasteiger charge is 2.20. The van der Waals surface area contributed by atoms with Crippen LogP contribution in [0, 0.1) is 10.1 Å². The van der Waals surface area contributed by atoms with E-state index in [-0.39, 0.29) is 30.2 Å². The largest absolute Gasteiger partial charge is 0.395 e. The number of hydrogen-bond donors (Lipinski definition) is 1. The molecule has 0 aliphatic rings. The van der Waals surface area contributed by atoms with Crippen LogP contribution in [0.15, 0.2) is 30.9 Å². The molecular weight excluding hydrogens is 248 g/mol. The van der Waals surface area contributed by atoms with Crippen molar-refractivity contribution in [3.63, 3.8) is 0 Å². The van der Waals surface area contributed by atoms with Crippen molar-refractivity contribution in [3.8, 4) is 0 Å². The molecule has 0 heterocycles. The predicted molar refractivity (Wildman–Crippen MR) is 72.6 cm³/mol. The number of nitrogens with zero attached hydrogens (tertiary/aromatic N) is 2. The molecule has 0 bridgehead atoms. The SMILES string of the molecule is C=CCN(CCO)c1ccc(C(C)=O)cc1[N+](=O)[O-]. The first-order valence-electron chi connectivity index (χ1n) is 5.77. The van der Waals surface area contributed by atoms with Crippen molar-refractivity contribution in [2.45, 2.75) is 6.92 Å². The molecule has 102 valence electrons. The van der Waals surface area contributed by atoms with Crippen LogP contribution in [0.4, 0.5) is 11.4 Å². The molecule has 0 aromatic heterocycles. The number of anilines is 1. The van der Waals surface area contributed by atoms with Crippen LogP contribution in [-0.2, 0) is 0 Å². The van der Waals surface area contributed by atoms with Crippen molar-refractivity contribution in [3.05, 3.63) is 46.5 Å². The highest BCUT2D eigenvalue weighted by Crippen LogP contribution is 2.29. The number of aliphatic hydroxyl groups excluding tert-OH is 1. The van der Waals surface area contributed by atoms with Gasteiger partial charge in [-0.05, 0) is 19.1 Å². The summed E-state index contributed by atoms with van der Waals surface area (Å²) in [5.74, 6) is -0.230. The number of carbonyl (C=O) groups is 1. The summed E-state index contributed by atoms with van der Waals surface area (Å²) < 4.78 is 0. The van der Waals surface area contributed by atoms with Crippen molar-refractivity contribution in [1.29, 1.82) is 0 Å². The van der Waals surface area contributed by atoms with Crippen LogP contribution in [0.3, 0.4) is 0 Å². The Morgan fingerprint density at radius 1 is 1.58 bits per heavy atom. The van der Waals surface area contributed by atoms with Gasteiger partial charge in [-0.3, -0.25) is 14.9 Å². The van der Waals surface area contributed by atoms with Gasteiger partial charge >= 0.3 is 0 Å². The Balaban J connectivity index is 3.27. The molecule has 1 N–H and O–H groups in total. The number of rotatable bonds is 7. The summed E-state index contributed by atoms with van der Waals surface area (Å²) in [6, 6.07) is 4.32. The van der Waals surface area contributed by atoms with E-state index in [4.69, 9.17) is 5.11 Å². The Bertz CT molecular complexity index is 499. The molecule has 0 amide bonds. The summed E-state index contributed by atoms with van der Waals surface area (Å²) in [7, 11) is 0. The topological polar surface area (TPSA) is 83.7 Å². The van der Waals surface area contributed by atoms with Crippen LogP contribution in [-0.4, -0.2) is 35.5 Å². The molecule has 6 heteroatoms. The first-order chi connectivity index (χ1) is 9.01. The molecule has 1 aromatic rings. The molecule has 1 rings (SSSR count). The molecular formula is C13H16N2O4. The van der Waals surface area contributed by atoms with Crippen molar-refractivity contribution in [2.24, 2.45) is 0 Å². The average molecular weight is 264 g/mol. The maximum atomic E-state index is 11.3. The van der Waals surface area contributed by atoms with Crippen LogP contribution < -0.4 is 4.90 Å². The number of ketones is 1. The molecule has 6 nitrogen and oxygen atoms in total. The Labute approximate surface area is 111 Å². The molecule has 0 fully saturated rings. The van der Waals surface area contributed by atoms with Gasteiger partial charge in [-0.2, -0.15) is 0 Å². The summed E-state index contributed by atoms with van der Waals surface area (Å²) in [6.07, 6.45) is 1.60. The van der Waals surface area contributed by atoms with Gasteiger partial charge in [-0.25, -0.2) is 0 Å². The lowest BCUT2D eigenvalue weighted by Crippen LogP contribution is -2.27. The summed E-state index contributed by atoms with van der Waals surface area (Å²) in [5, 5.41) is 20.1. The lowest BCUT2D eigenvalue weighted by molar-refractivity contribution is -0.384. The van der Waals surface area contributed by atoms with Crippen LogP contribution >= 0.6 is 0 Å². The quantitative estimate of drug-likeness (QED) is 0.351. The van der Waals surface area contributed by atoms with Gasteiger partial charge in [0, 0.05) is 24.7 Å². The second-order valence-corrected chi connectivity index (χ2v) is 3.98. The van der Waals surface area contributed by atoms with Crippen LogP contribution in [0.1, 0.15) is 17.3 Å². The molecule has 19 heavy (non-hydrogen) atoms. The van der Waals surface area contributed by atoms with Gasteiger partial charge in [-0.15, -0.1) is 6.58 Å². The van der Waals surface area contributed by atoms with Crippen LogP contribution in [0.25, 0.3) is 0 Å². The smallest absolute Gasteiger partial charge is 0.293 e. The highest BCUT2D eigenvalue weighted by molar-refractivity contribution is 5.95. The lowest BCUT2D eigenvalue weighted by atomic mass is 10.1. The summed E-state index contributed by atoms with van der Waals surface area (Å²) in [5.41, 5.74) is 0.505. The van der Waals surface area contributed by atoms with E-state index in [0.29, 0.717) is 12.2 Å². The number of nitro benzene ring substituents is 1. The number of nitro groups is 1. The third-order valence-corrected chi connectivity index (χ3v) is 2.64. The number of hydrogen-bond acceptors (Lipinski definition) is 5. The zero-order chi connectivity index (χ0) is 14.4. The second-order valence-electron chi connectivity index (χ2n) is 3.98. The predicted octanol–water partition coefficient (Wildman–Crippen LogP) is 1.78. The highest BCUT2D eigenvalue weighted by atomic mass is 16.6. The standard InChI is InChI=1S/C13H16N2O4/c1-3-6-14(7-8-16)12-5-4-11(10(2)17)9-13(12)15(18)19/h3-5,9,16H,1,6-8H2,2H3. The third-order valence-electron chi connectivity index (χ3n) is 2.64. The van der Waals surface area contributed by atoms with Crippen molar-refractivity contribution in [1.82, 2.24) is 0 Å². The molecule has 0 aliphatic carbocycles. The summed E-state index contributed by atoms with van der Waals surface area (Å²) >= 11 is 0. The minimum atomic E-state index is -0.533. The lowest BCUT2D eigenvalue weighted by Gasteiger charge is -2.22. The first-order valence-corrected chi connectivity index (χ1v) is 5.77. The fourth-order valence-electron chi connectivity index (χ4n) is 1.74. The first kappa shape index (κ1) is 14.8. The van der Waals surface area contributed by atoms with E-state index in [1.54, 1.807) is 11.0 Å². The van der Waals surface area contributed by atoms with Gasteiger partial charge in [0.25, 0.3) is 5.69 Å². The van der Waals surface area contributed by atoms with E-state index in [1.165, 1.54) is 25.1 Å². The molecule has 0 spiro atoms. The average Bonchev–Trinajstić information content (AvgIpc) is 2.37. The minimum absolute atomic E-state index is 0.126. The van der Waals surface area contributed by atoms with Crippen LogP contribution in [0.2, 0.25) is 0 Å². The number of benzene rings is 1. The Hall–Kier alpha value is -2.21. The van der Waals surface area contributed by atoms with E-state index in [1.807, 2.05) is 0 Å². The van der Waals surface area contributed by atoms with Gasteiger partial charge in [0.2, 0.25) is 0 Å². The van der Waals surface area contributed by atoms with Crippen molar-refractivity contribution in [2.75, 3.05) is 24.6 Å². The molecule has 1 aromatic carbocycles. The van der Waals surface area contributed by atoms with Gasteiger partial charge < -0.3 is 10.0 Å². The molecule has 0 aliphatic heterocycles.